The second-order valence-corrected chi connectivity index (χ2v) is 12.5. The Morgan fingerprint density at radius 3 is 1.81 bits per heavy atom. The van der Waals surface area contributed by atoms with Gasteiger partial charge in [-0.3, -0.25) is 0 Å². The minimum Gasteiger partial charge on any atom is -0.456 e. The van der Waals surface area contributed by atoms with Gasteiger partial charge in [0, 0.05) is 32.9 Å². The Bertz CT molecular complexity index is 2810. The molecule has 2 heteroatoms. The van der Waals surface area contributed by atoms with Crippen molar-refractivity contribution in [3.63, 3.8) is 0 Å². The van der Waals surface area contributed by atoms with Crippen molar-refractivity contribution in [2.24, 2.45) is 0 Å². The zero-order chi connectivity index (χ0) is 31.6. The average Bonchev–Trinajstić information content (AvgIpc) is 3.54. The summed E-state index contributed by atoms with van der Waals surface area (Å²) in [6.07, 6.45) is 0. The van der Waals surface area contributed by atoms with Gasteiger partial charge in [0.15, 0.2) is 0 Å². The minimum absolute atomic E-state index is 0.920. The summed E-state index contributed by atoms with van der Waals surface area (Å²) in [5.41, 5.74) is 7.63. The van der Waals surface area contributed by atoms with Gasteiger partial charge in [0.25, 0.3) is 0 Å². The van der Waals surface area contributed by atoms with E-state index in [-0.39, 0.29) is 0 Å². The summed E-state index contributed by atoms with van der Waals surface area (Å²) >= 11 is 0. The van der Waals surface area contributed by atoms with Crippen LogP contribution in [0.3, 0.4) is 0 Å². The maximum Gasteiger partial charge on any atom is 0.136 e. The number of benzene rings is 9. The van der Waals surface area contributed by atoms with Crippen molar-refractivity contribution in [3.8, 4) is 11.1 Å². The fourth-order valence-corrected chi connectivity index (χ4v) is 7.77. The lowest BCUT2D eigenvalue weighted by molar-refractivity contribution is 0.669. The maximum absolute atomic E-state index is 6.35. The topological polar surface area (TPSA) is 16.4 Å². The molecule has 1 heterocycles. The minimum atomic E-state index is 0.920. The lowest BCUT2D eigenvalue weighted by Gasteiger charge is -2.27. The van der Waals surface area contributed by atoms with E-state index in [0.29, 0.717) is 0 Å². The Labute approximate surface area is 277 Å². The fraction of sp³-hybridized carbons (Fsp3) is 0. The summed E-state index contributed by atoms with van der Waals surface area (Å²) in [5.74, 6) is 0. The van der Waals surface area contributed by atoms with Crippen LogP contribution >= 0.6 is 0 Å². The predicted octanol–water partition coefficient (Wildman–Crippen LogP) is 13.3. The Morgan fingerprint density at radius 2 is 0.958 bits per heavy atom. The molecule has 0 N–H and O–H groups in total. The first-order chi connectivity index (χ1) is 23.8. The summed E-state index contributed by atoms with van der Waals surface area (Å²) < 4.78 is 6.35. The second-order valence-electron chi connectivity index (χ2n) is 12.5. The Kier molecular flexibility index (Phi) is 5.91. The molecule has 0 saturated carbocycles. The quantitative estimate of drug-likeness (QED) is 0.184. The summed E-state index contributed by atoms with van der Waals surface area (Å²) in [4.78, 5) is 2.38. The molecule has 9 aromatic carbocycles. The van der Waals surface area contributed by atoms with Crippen LogP contribution in [-0.2, 0) is 0 Å². The van der Waals surface area contributed by atoms with Crippen LogP contribution in [-0.4, -0.2) is 0 Å². The number of fused-ring (bicyclic) bond motifs is 11. The lowest BCUT2D eigenvalue weighted by Crippen LogP contribution is -2.10. The molecule has 1 aromatic heterocycles. The first kappa shape index (κ1) is 26.8. The van der Waals surface area contributed by atoms with Crippen molar-refractivity contribution in [2.75, 3.05) is 4.90 Å². The molecular weight excluding hydrogens is 583 g/mol. The molecule has 0 bridgehead atoms. The van der Waals surface area contributed by atoms with E-state index in [1.54, 1.807) is 0 Å². The van der Waals surface area contributed by atoms with E-state index in [2.05, 4.69) is 175 Å². The molecule has 0 aliphatic heterocycles. The number of hydrogen-bond donors (Lipinski definition) is 0. The van der Waals surface area contributed by atoms with Crippen LogP contribution in [0, 0.1) is 0 Å². The van der Waals surface area contributed by atoms with Crippen molar-refractivity contribution < 1.29 is 4.42 Å². The molecular formula is C46H29NO. The second kappa shape index (κ2) is 10.6. The van der Waals surface area contributed by atoms with Crippen molar-refractivity contribution in [1.29, 1.82) is 0 Å². The SMILES string of the molecule is c1ccc(N(c2cccc(-c3cccc4c5ccc6oc7ccccc7c6c5c5ccccc5c34)c2)c2cccc3ccccc23)cc1. The number of rotatable bonds is 4. The van der Waals surface area contributed by atoms with Crippen LogP contribution < -0.4 is 4.90 Å². The number of nitrogens with zero attached hydrogens (tertiary/aromatic N) is 1. The van der Waals surface area contributed by atoms with Gasteiger partial charge in [0.05, 0.1) is 5.69 Å². The van der Waals surface area contributed by atoms with Gasteiger partial charge in [-0.2, -0.15) is 0 Å². The summed E-state index contributed by atoms with van der Waals surface area (Å²) in [5, 5.41) is 12.3. The van der Waals surface area contributed by atoms with Gasteiger partial charge in [-0.15, -0.1) is 0 Å². The van der Waals surface area contributed by atoms with Gasteiger partial charge < -0.3 is 9.32 Å². The highest BCUT2D eigenvalue weighted by Crippen LogP contribution is 2.46. The van der Waals surface area contributed by atoms with Crippen LogP contribution in [0.25, 0.3) is 76.2 Å². The smallest absolute Gasteiger partial charge is 0.136 e. The third-order valence-corrected chi connectivity index (χ3v) is 9.80. The normalized spacial score (nSPS) is 11.8. The van der Waals surface area contributed by atoms with E-state index >= 15 is 0 Å². The van der Waals surface area contributed by atoms with Gasteiger partial charge in [-0.25, -0.2) is 0 Å². The molecule has 224 valence electrons. The van der Waals surface area contributed by atoms with Crippen molar-refractivity contribution in [3.05, 3.63) is 176 Å². The first-order valence-electron chi connectivity index (χ1n) is 16.4. The van der Waals surface area contributed by atoms with Gasteiger partial charge in [-0.1, -0.05) is 127 Å². The molecule has 2 nitrogen and oxygen atoms in total. The van der Waals surface area contributed by atoms with Crippen molar-refractivity contribution in [2.45, 2.75) is 0 Å². The Hall–Kier alpha value is -6.38. The molecule has 0 amide bonds. The number of anilines is 3. The third-order valence-electron chi connectivity index (χ3n) is 9.80. The highest BCUT2D eigenvalue weighted by atomic mass is 16.3. The van der Waals surface area contributed by atoms with E-state index < -0.39 is 0 Å². The lowest BCUT2D eigenvalue weighted by atomic mass is 9.88. The summed E-state index contributed by atoms with van der Waals surface area (Å²) in [6, 6.07) is 63.2. The fourth-order valence-electron chi connectivity index (χ4n) is 7.77. The molecule has 0 atom stereocenters. The van der Waals surface area contributed by atoms with E-state index in [0.717, 1.165) is 33.6 Å². The molecule has 0 aliphatic rings. The van der Waals surface area contributed by atoms with Gasteiger partial charge >= 0.3 is 0 Å². The van der Waals surface area contributed by atoms with Crippen LogP contribution in [0.4, 0.5) is 17.1 Å². The largest absolute Gasteiger partial charge is 0.456 e. The predicted molar refractivity (Wildman–Crippen MR) is 204 cm³/mol. The van der Waals surface area contributed by atoms with E-state index in [4.69, 9.17) is 4.42 Å². The molecule has 0 aliphatic carbocycles. The van der Waals surface area contributed by atoms with Crippen LogP contribution in [0.1, 0.15) is 0 Å². The highest BCUT2D eigenvalue weighted by molar-refractivity contribution is 6.36. The first-order valence-corrected chi connectivity index (χ1v) is 16.4. The highest BCUT2D eigenvalue weighted by Gasteiger charge is 2.19. The zero-order valence-electron chi connectivity index (χ0n) is 26.1. The average molecular weight is 612 g/mol. The van der Waals surface area contributed by atoms with Crippen molar-refractivity contribution in [1.82, 2.24) is 0 Å². The van der Waals surface area contributed by atoms with E-state index in [9.17, 15) is 0 Å². The van der Waals surface area contributed by atoms with Gasteiger partial charge in [0.2, 0.25) is 0 Å². The molecule has 48 heavy (non-hydrogen) atoms. The number of hydrogen-bond acceptors (Lipinski definition) is 2. The standard InChI is InChI=1S/C46H29NO/c1-2-16-32(17-3-1)47(41-25-11-14-30-13-4-5-19-34(30)41)33-18-10-15-31(29-33)35-23-12-24-37-39-27-28-43-46(40-22-8-9-26-42(40)48-43)45(39)38-21-7-6-20-36(38)44(35)37/h1-29H. The van der Waals surface area contributed by atoms with Crippen molar-refractivity contribution >= 4 is 82.1 Å². The van der Waals surface area contributed by atoms with Gasteiger partial charge in [0.1, 0.15) is 11.2 Å². The summed E-state index contributed by atoms with van der Waals surface area (Å²) in [7, 11) is 0. The monoisotopic (exact) mass is 611 g/mol. The van der Waals surface area contributed by atoms with Crippen LogP contribution in [0.15, 0.2) is 180 Å². The van der Waals surface area contributed by atoms with Crippen LogP contribution in [0.2, 0.25) is 0 Å². The zero-order valence-corrected chi connectivity index (χ0v) is 26.1. The molecule has 0 fully saturated rings. The molecule has 10 rings (SSSR count). The van der Waals surface area contributed by atoms with E-state index in [1.165, 1.54) is 59.6 Å². The number of para-hydroxylation sites is 2. The molecule has 0 saturated heterocycles. The van der Waals surface area contributed by atoms with Crippen LogP contribution in [0.5, 0.6) is 0 Å². The Morgan fingerprint density at radius 1 is 0.354 bits per heavy atom. The molecule has 10 aromatic rings. The van der Waals surface area contributed by atoms with E-state index in [1.807, 2.05) is 6.07 Å². The number of furan rings is 1. The molecule has 0 unspecified atom stereocenters. The molecule has 0 radical (unpaired) electrons. The van der Waals surface area contributed by atoms with Gasteiger partial charge in [-0.05, 0) is 92.0 Å². The maximum atomic E-state index is 6.35. The third kappa shape index (κ3) is 4.00. The molecule has 0 spiro atoms. The summed E-state index contributed by atoms with van der Waals surface area (Å²) in [6.45, 7) is 0. The Balaban J connectivity index is 1.25.